The van der Waals surface area contributed by atoms with Gasteiger partial charge in [0, 0.05) is 38.1 Å². The molecule has 1 aromatic heterocycles. The van der Waals surface area contributed by atoms with Crippen molar-refractivity contribution in [3.8, 4) is 0 Å². The van der Waals surface area contributed by atoms with Crippen LogP contribution in [0.2, 0.25) is 0 Å². The van der Waals surface area contributed by atoms with Gasteiger partial charge in [0.25, 0.3) is 0 Å². The first kappa shape index (κ1) is 16.4. The second-order valence-corrected chi connectivity index (χ2v) is 5.93. The Kier molecular flexibility index (Phi) is 4.80. The van der Waals surface area contributed by atoms with Crippen molar-refractivity contribution in [1.29, 1.82) is 0 Å². The summed E-state index contributed by atoms with van der Waals surface area (Å²) in [5, 5.41) is 2.92. The number of carbonyl (C=O) groups excluding carboxylic acids is 1. The van der Waals surface area contributed by atoms with Crippen molar-refractivity contribution in [3.63, 3.8) is 0 Å². The number of urea groups is 1. The van der Waals surface area contributed by atoms with Gasteiger partial charge in [-0.05, 0) is 13.0 Å². The Morgan fingerprint density at radius 2 is 2.25 bits per heavy atom. The Labute approximate surface area is 140 Å². The predicted molar refractivity (Wildman–Crippen MR) is 87.0 cm³/mol. The van der Waals surface area contributed by atoms with Crippen molar-refractivity contribution in [2.75, 3.05) is 19.7 Å². The van der Waals surface area contributed by atoms with E-state index in [0.717, 1.165) is 0 Å². The number of aromatic nitrogens is 2. The molecule has 1 aliphatic rings. The van der Waals surface area contributed by atoms with Gasteiger partial charge < -0.3 is 19.5 Å². The van der Waals surface area contributed by atoms with E-state index in [1.54, 1.807) is 40.1 Å². The van der Waals surface area contributed by atoms with Gasteiger partial charge in [-0.25, -0.2) is 14.2 Å². The van der Waals surface area contributed by atoms with Crippen molar-refractivity contribution < 1.29 is 13.9 Å². The van der Waals surface area contributed by atoms with Crippen molar-refractivity contribution in [3.05, 3.63) is 53.9 Å². The highest BCUT2D eigenvalue weighted by atomic mass is 19.1. The molecule has 2 atom stereocenters. The average molecular weight is 332 g/mol. The molecule has 0 aliphatic carbocycles. The minimum Gasteiger partial charge on any atom is -0.375 e. The number of halogens is 1. The van der Waals surface area contributed by atoms with Crippen LogP contribution in [0.5, 0.6) is 0 Å². The van der Waals surface area contributed by atoms with Crippen molar-refractivity contribution >= 4 is 6.03 Å². The number of hydrogen-bond acceptors (Lipinski definition) is 3. The summed E-state index contributed by atoms with van der Waals surface area (Å²) in [5.41, 5.74) is 0.390. The highest BCUT2D eigenvalue weighted by Crippen LogP contribution is 2.23. The van der Waals surface area contributed by atoms with Crippen LogP contribution in [0.3, 0.4) is 0 Å². The molecule has 0 spiro atoms. The van der Waals surface area contributed by atoms with E-state index in [1.165, 1.54) is 6.07 Å². The van der Waals surface area contributed by atoms with Crippen LogP contribution in [-0.2, 0) is 11.8 Å². The van der Waals surface area contributed by atoms with E-state index in [1.807, 2.05) is 14.0 Å². The molecule has 1 N–H and O–H groups in total. The minimum absolute atomic E-state index is 0.00965. The van der Waals surface area contributed by atoms with E-state index in [0.29, 0.717) is 31.1 Å². The number of rotatable bonds is 3. The summed E-state index contributed by atoms with van der Waals surface area (Å²) in [4.78, 5) is 18.6. The fourth-order valence-electron chi connectivity index (χ4n) is 2.86. The van der Waals surface area contributed by atoms with E-state index < -0.39 is 6.04 Å². The van der Waals surface area contributed by atoms with E-state index in [4.69, 9.17) is 4.74 Å². The van der Waals surface area contributed by atoms with Gasteiger partial charge in [-0.3, -0.25) is 0 Å². The van der Waals surface area contributed by atoms with Crippen molar-refractivity contribution in [2.24, 2.45) is 7.05 Å². The fourth-order valence-corrected chi connectivity index (χ4v) is 2.86. The molecule has 2 heterocycles. The fraction of sp³-hybridized carbons (Fsp3) is 0.412. The third kappa shape index (κ3) is 3.41. The molecular formula is C17H21FN4O2. The number of morpholine rings is 1. The lowest BCUT2D eigenvalue weighted by atomic mass is 10.1. The molecule has 1 saturated heterocycles. The molecule has 6 nitrogen and oxygen atoms in total. The number of amides is 2. The second-order valence-electron chi connectivity index (χ2n) is 5.93. The SMILES string of the molecule is C[C@@H]1CN(C(=O)N[C@H](c2ccccc2F)c2nccn2C)CCO1. The highest BCUT2D eigenvalue weighted by molar-refractivity contribution is 5.75. The zero-order valence-electron chi connectivity index (χ0n) is 13.8. The summed E-state index contributed by atoms with van der Waals surface area (Å²) in [5.74, 6) is 0.205. The van der Waals surface area contributed by atoms with Gasteiger partial charge in [0.15, 0.2) is 0 Å². The lowest BCUT2D eigenvalue weighted by molar-refractivity contribution is -0.00377. The minimum atomic E-state index is -0.656. The summed E-state index contributed by atoms with van der Waals surface area (Å²) in [6.07, 6.45) is 3.39. The maximum Gasteiger partial charge on any atom is 0.318 e. The zero-order valence-corrected chi connectivity index (χ0v) is 13.8. The molecule has 2 amide bonds. The molecule has 24 heavy (non-hydrogen) atoms. The van der Waals surface area contributed by atoms with Crippen LogP contribution in [0, 0.1) is 5.82 Å². The summed E-state index contributed by atoms with van der Waals surface area (Å²) >= 11 is 0. The maximum atomic E-state index is 14.3. The van der Waals surface area contributed by atoms with Crippen LogP contribution in [0.1, 0.15) is 24.4 Å². The first-order chi connectivity index (χ1) is 11.6. The summed E-state index contributed by atoms with van der Waals surface area (Å²) in [6, 6.07) is 5.51. The third-order valence-corrected chi connectivity index (χ3v) is 4.13. The summed E-state index contributed by atoms with van der Waals surface area (Å²) < 4.78 is 21.5. The largest absolute Gasteiger partial charge is 0.375 e. The lowest BCUT2D eigenvalue weighted by Crippen LogP contribution is -2.50. The molecule has 0 bridgehead atoms. The maximum absolute atomic E-state index is 14.3. The van der Waals surface area contributed by atoms with E-state index >= 15 is 0 Å². The van der Waals surface area contributed by atoms with Gasteiger partial charge >= 0.3 is 6.03 Å². The number of imidazole rings is 1. The number of benzene rings is 1. The van der Waals surface area contributed by atoms with E-state index in [-0.39, 0.29) is 18.0 Å². The molecule has 3 rings (SSSR count). The Hall–Kier alpha value is -2.41. The van der Waals surface area contributed by atoms with Gasteiger partial charge in [0.2, 0.25) is 0 Å². The van der Waals surface area contributed by atoms with E-state index in [9.17, 15) is 9.18 Å². The monoisotopic (exact) mass is 332 g/mol. The van der Waals surface area contributed by atoms with E-state index in [2.05, 4.69) is 10.3 Å². The van der Waals surface area contributed by atoms with Gasteiger partial charge in [-0.2, -0.15) is 0 Å². The molecule has 2 aromatic rings. The first-order valence-corrected chi connectivity index (χ1v) is 7.95. The van der Waals surface area contributed by atoms with Crippen LogP contribution in [0.15, 0.2) is 36.7 Å². The normalized spacial score (nSPS) is 19.1. The Balaban J connectivity index is 1.87. The van der Waals surface area contributed by atoms with Crippen molar-refractivity contribution in [2.45, 2.75) is 19.1 Å². The second kappa shape index (κ2) is 7.00. The molecule has 0 unspecified atom stereocenters. The van der Waals surface area contributed by atoms with Crippen LogP contribution in [-0.4, -0.2) is 46.3 Å². The highest BCUT2D eigenvalue weighted by Gasteiger charge is 2.27. The first-order valence-electron chi connectivity index (χ1n) is 7.95. The number of ether oxygens (including phenoxy) is 1. The van der Waals surface area contributed by atoms with Crippen LogP contribution < -0.4 is 5.32 Å². The molecule has 1 fully saturated rings. The smallest absolute Gasteiger partial charge is 0.318 e. The van der Waals surface area contributed by atoms with Gasteiger partial charge in [0.1, 0.15) is 17.7 Å². The number of nitrogens with one attached hydrogen (secondary N) is 1. The quantitative estimate of drug-likeness (QED) is 0.936. The van der Waals surface area contributed by atoms with Gasteiger partial charge in [-0.15, -0.1) is 0 Å². The molecule has 0 saturated carbocycles. The van der Waals surface area contributed by atoms with Crippen LogP contribution in [0.25, 0.3) is 0 Å². The molecule has 0 radical (unpaired) electrons. The molecule has 128 valence electrons. The van der Waals surface area contributed by atoms with Crippen LogP contribution >= 0.6 is 0 Å². The summed E-state index contributed by atoms with van der Waals surface area (Å²) in [7, 11) is 1.82. The number of nitrogens with zero attached hydrogens (tertiary/aromatic N) is 3. The standard InChI is InChI=1S/C17H21FN4O2/c1-12-11-22(9-10-24-12)17(23)20-15(16-19-7-8-21(16)2)13-5-3-4-6-14(13)18/h3-8,12,15H,9-11H2,1-2H3,(H,20,23)/t12-,15-/m1/s1. The molecule has 1 aromatic carbocycles. The van der Waals surface area contributed by atoms with Gasteiger partial charge in [-0.1, -0.05) is 18.2 Å². The Bertz CT molecular complexity index is 718. The van der Waals surface area contributed by atoms with Crippen molar-refractivity contribution in [1.82, 2.24) is 19.8 Å². The van der Waals surface area contributed by atoms with Gasteiger partial charge in [0.05, 0.1) is 12.7 Å². The topological polar surface area (TPSA) is 59.4 Å². The number of carbonyl (C=O) groups is 1. The third-order valence-electron chi connectivity index (χ3n) is 4.13. The average Bonchev–Trinajstić information content (AvgIpc) is 2.99. The molecular weight excluding hydrogens is 311 g/mol. The molecule has 1 aliphatic heterocycles. The van der Waals surface area contributed by atoms with Crippen LogP contribution in [0.4, 0.5) is 9.18 Å². The number of aryl methyl sites for hydroxylation is 1. The zero-order chi connectivity index (χ0) is 17.1. The lowest BCUT2D eigenvalue weighted by Gasteiger charge is -2.32. The Morgan fingerprint density at radius 1 is 1.46 bits per heavy atom. The summed E-state index contributed by atoms with van der Waals surface area (Å²) in [6.45, 7) is 3.45. The predicted octanol–water partition coefficient (Wildman–Crippen LogP) is 2.08. The molecule has 7 heteroatoms. The Morgan fingerprint density at radius 3 is 2.92 bits per heavy atom. The number of hydrogen-bond donors (Lipinski definition) is 1.